The topological polar surface area (TPSA) is 47.7 Å². The molecule has 4 heteroatoms. The van der Waals surface area contributed by atoms with Gasteiger partial charge in [-0.2, -0.15) is 0 Å². The van der Waals surface area contributed by atoms with E-state index in [4.69, 9.17) is 15.2 Å². The predicted molar refractivity (Wildman–Crippen MR) is 83.5 cm³/mol. The Morgan fingerprint density at radius 1 is 1.20 bits per heavy atom. The maximum absolute atomic E-state index is 6.03. The Hall–Kier alpha value is -1.26. The second-order valence-electron chi connectivity index (χ2n) is 4.84. The van der Waals surface area contributed by atoms with E-state index in [2.05, 4.69) is 18.7 Å². The monoisotopic (exact) mass is 280 g/mol. The van der Waals surface area contributed by atoms with Gasteiger partial charge in [0.25, 0.3) is 0 Å². The van der Waals surface area contributed by atoms with Gasteiger partial charge in [0.2, 0.25) is 0 Å². The lowest BCUT2D eigenvalue weighted by molar-refractivity contribution is 0.205. The zero-order valence-electron chi connectivity index (χ0n) is 13.2. The molecule has 0 fully saturated rings. The minimum absolute atomic E-state index is 0.164. The van der Waals surface area contributed by atoms with E-state index >= 15 is 0 Å². The van der Waals surface area contributed by atoms with E-state index in [9.17, 15) is 0 Å². The van der Waals surface area contributed by atoms with Gasteiger partial charge in [-0.25, -0.2) is 0 Å². The number of hydrogen-bond donors (Lipinski definition) is 1. The smallest absolute Gasteiger partial charge is 0.123 e. The molecule has 2 N–H and O–H groups in total. The highest BCUT2D eigenvalue weighted by Crippen LogP contribution is 2.32. The predicted octanol–water partition coefficient (Wildman–Crippen LogP) is 2.83. The summed E-state index contributed by atoms with van der Waals surface area (Å²) in [4.78, 5) is 2.40. The molecule has 1 aromatic rings. The number of nitrogens with zero attached hydrogens (tertiary/aromatic N) is 1. The zero-order chi connectivity index (χ0) is 15.0. The minimum Gasteiger partial charge on any atom is -0.497 e. The van der Waals surface area contributed by atoms with Crippen LogP contribution in [-0.4, -0.2) is 38.8 Å². The van der Waals surface area contributed by atoms with E-state index in [1.807, 2.05) is 18.2 Å². The lowest BCUT2D eigenvalue weighted by Crippen LogP contribution is -2.34. The maximum Gasteiger partial charge on any atom is 0.123 e. The van der Waals surface area contributed by atoms with Crippen molar-refractivity contribution >= 4 is 0 Å². The molecule has 0 amide bonds. The first-order valence-electron chi connectivity index (χ1n) is 7.37. The molecular weight excluding hydrogens is 252 g/mol. The summed E-state index contributed by atoms with van der Waals surface area (Å²) in [5.41, 5.74) is 7.13. The Kier molecular flexibility index (Phi) is 7.41. The van der Waals surface area contributed by atoms with E-state index < -0.39 is 0 Å². The number of benzene rings is 1. The van der Waals surface area contributed by atoms with Crippen LogP contribution in [0.15, 0.2) is 18.2 Å². The van der Waals surface area contributed by atoms with Crippen LogP contribution in [0.1, 0.15) is 38.3 Å². The number of likely N-dealkylation sites (N-methyl/N-ethyl adjacent to an activating group) is 1. The number of nitrogens with two attached hydrogens (primary N) is 1. The SMILES string of the molecule is CCCCN(CC)C(CN)c1cc(OC)ccc1OC. The summed E-state index contributed by atoms with van der Waals surface area (Å²) in [7, 11) is 3.37. The lowest BCUT2D eigenvalue weighted by atomic mass is 10.0. The average molecular weight is 280 g/mol. The Morgan fingerprint density at radius 3 is 2.45 bits per heavy atom. The Labute approximate surface area is 122 Å². The second-order valence-corrected chi connectivity index (χ2v) is 4.84. The van der Waals surface area contributed by atoms with Gasteiger partial charge in [-0.1, -0.05) is 20.3 Å². The molecule has 20 heavy (non-hydrogen) atoms. The highest BCUT2D eigenvalue weighted by Gasteiger charge is 2.21. The summed E-state index contributed by atoms with van der Waals surface area (Å²) in [5, 5.41) is 0. The van der Waals surface area contributed by atoms with Gasteiger partial charge in [0, 0.05) is 12.1 Å². The molecule has 0 aliphatic rings. The van der Waals surface area contributed by atoms with Crippen molar-refractivity contribution in [2.24, 2.45) is 5.73 Å². The molecule has 1 rings (SSSR count). The van der Waals surface area contributed by atoms with E-state index in [1.165, 1.54) is 12.8 Å². The average Bonchev–Trinajstić information content (AvgIpc) is 2.50. The molecule has 114 valence electrons. The molecule has 1 aromatic carbocycles. The minimum atomic E-state index is 0.164. The first-order chi connectivity index (χ1) is 9.71. The number of rotatable bonds is 9. The fourth-order valence-corrected chi connectivity index (χ4v) is 2.47. The number of ether oxygens (including phenoxy) is 2. The Bertz CT molecular complexity index is 396. The molecule has 0 bridgehead atoms. The molecule has 0 saturated carbocycles. The Morgan fingerprint density at radius 2 is 1.95 bits per heavy atom. The van der Waals surface area contributed by atoms with Crippen molar-refractivity contribution in [1.82, 2.24) is 4.90 Å². The van der Waals surface area contributed by atoms with Gasteiger partial charge >= 0.3 is 0 Å². The van der Waals surface area contributed by atoms with Crippen molar-refractivity contribution in [3.63, 3.8) is 0 Å². The lowest BCUT2D eigenvalue weighted by Gasteiger charge is -2.31. The molecular formula is C16H28N2O2. The van der Waals surface area contributed by atoms with Crippen LogP contribution in [0.25, 0.3) is 0 Å². The van der Waals surface area contributed by atoms with E-state index in [-0.39, 0.29) is 6.04 Å². The van der Waals surface area contributed by atoms with Gasteiger partial charge < -0.3 is 15.2 Å². The zero-order valence-corrected chi connectivity index (χ0v) is 13.2. The molecule has 1 atom stereocenters. The summed E-state index contributed by atoms with van der Waals surface area (Å²) in [5.74, 6) is 1.71. The largest absolute Gasteiger partial charge is 0.497 e. The molecule has 0 aromatic heterocycles. The van der Waals surface area contributed by atoms with Crippen molar-refractivity contribution in [3.8, 4) is 11.5 Å². The van der Waals surface area contributed by atoms with Gasteiger partial charge in [0.05, 0.1) is 20.3 Å². The molecule has 0 saturated heterocycles. The highest BCUT2D eigenvalue weighted by molar-refractivity contribution is 5.42. The van der Waals surface area contributed by atoms with Crippen LogP contribution in [0.2, 0.25) is 0 Å². The standard InChI is InChI=1S/C16H28N2O2/c1-5-7-10-18(6-2)15(12-17)14-11-13(19-3)8-9-16(14)20-4/h8-9,11,15H,5-7,10,12,17H2,1-4H3. The third-order valence-corrected chi connectivity index (χ3v) is 3.66. The van der Waals surface area contributed by atoms with E-state index in [0.717, 1.165) is 30.2 Å². The van der Waals surface area contributed by atoms with Crippen LogP contribution in [-0.2, 0) is 0 Å². The van der Waals surface area contributed by atoms with Crippen LogP contribution >= 0.6 is 0 Å². The summed E-state index contributed by atoms with van der Waals surface area (Å²) in [6.45, 7) is 6.97. The van der Waals surface area contributed by atoms with Crippen LogP contribution in [0.5, 0.6) is 11.5 Å². The molecule has 4 nitrogen and oxygen atoms in total. The Balaban J connectivity index is 3.07. The third-order valence-electron chi connectivity index (χ3n) is 3.66. The van der Waals surface area contributed by atoms with Crippen LogP contribution < -0.4 is 15.2 Å². The quantitative estimate of drug-likeness (QED) is 0.755. The number of unbranched alkanes of at least 4 members (excludes halogenated alkanes) is 1. The van der Waals surface area contributed by atoms with Crippen molar-refractivity contribution in [3.05, 3.63) is 23.8 Å². The molecule has 0 aliphatic heterocycles. The summed E-state index contributed by atoms with van der Waals surface area (Å²) >= 11 is 0. The first-order valence-corrected chi connectivity index (χ1v) is 7.37. The van der Waals surface area contributed by atoms with Crippen molar-refractivity contribution in [2.45, 2.75) is 32.7 Å². The first kappa shape index (κ1) is 16.8. The highest BCUT2D eigenvalue weighted by atomic mass is 16.5. The molecule has 0 heterocycles. The normalized spacial score (nSPS) is 12.5. The molecule has 0 radical (unpaired) electrons. The van der Waals surface area contributed by atoms with Gasteiger partial charge in [0.1, 0.15) is 11.5 Å². The van der Waals surface area contributed by atoms with Crippen LogP contribution in [0.3, 0.4) is 0 Å². The fourth-order valence-electron chi connectivity index (χ4n) is 2.47. The van der Waals surface area contributed by atoms with Gasteiger partial charge in [0.15, 0.2) is 0 Å². The van der Waals surface area contributed by atoms with Crippen LogP contribution in [0.4, 0.5) is 0 Å². The number of methoxy groups -OCH3 is 2. The van der Waals surface area contributed by atoms with Crippen molar-refractivity contribution < 1.29 is 9.47 Å². The maximum atomic E-state index is 6.03. The fraction of sp³-hybridized carbons (Fsp3) is 0.625. The number of hydrogen-bond acceptors (Lipinski definition) is 4. The van der Waals surface area contributed by atoms with Crippen molar-refractivity contribution in [2.75, 3.05) is 33.9 Å². The molecule has 1 unspecified atom stereocenters. The second kappa shape index (κ2) is 8.82. The summed E-state index contributed by atoms with van der Waals surface area (Å²) in [6, 6.07) is 6.06. The van der Waals surface area contributed by atoms with Crippen molar-refractivity contribution in [1.29, 1.82) is 0 Å². The summed E-state index contributed by atoms with van der Waals surface area (Å²) in [6.07, 6.45) is 2.36. The summed E-state index contributed by atoms with van der Waals surface area (Å²) < 4.78 is 10.8. The third kappa shape index (κ3) is 4.12. The van der Waals surface area contributed by atoms with Gasteiger partial charge in [-0.05, 0) is 37.7 Å². The van der Waals surface area contributed by atoms with E-state index in [1.54, 1.807) is 14.2 Å². The van der Waals surface area contributed by atoms with Gasteiger partial charge in [-0.15, -0.1) is 0 Å². The van der Waals surface area contributed by atoms with E-state index in [0.29, 0.717) is 6.54 Å². The molecule has 0 aliphatic carbocycles. The van der Waals surface area contributed by atoms with Crippen LogP contribution in [0, 0.1) is 0 Å². The molecule has 0 spiro atoms. The van der Waals surface area contributed by atoms with Gasteiger partial charge in [-0.3, -0.25) is 4.90 Å².